The number of allylic oxidation sites excluding steroid dienone is 2. The van der Waals surface area contributed by atoms with Crippen LogP contribution in [-0.2, 0) is 16.3 Å². The number of aliphatic carboxylic acids is 1. The minimum atomic E-state index is -0.739. The Balaban J connectivity index is 1.78. The van der Waals surface area contributed by atoms with E-state index in [-0.39, 0.29) is 5.41 Å². The summed E-state index contributed by atoms with van der Waals surface area (Å²) in [4.78, 5) is 11.5. The van der Waals surface area contributed by atoms with E-state index in [4.69, 9.17) is 0 Å². The molecule has 27 heavy (non-hydrogen) atoms. The van der Waals surface area contributed by atoms with Crippen LogP contribution in [0.15, 0.2) is 72.8 Å². The molecule has 0 aliphatic carbocycles. The summed E-state index contributed by atoms with van der Waals surface area (Å²) in [5, 5.41) is 9.08. The van der Waals surface area contributed by atoms with Crippen LogP contribution in [-0.4, -0.2) is 22.1 Å². The van der Waals surface area contributed by atoms with Gasteiger partial charge in [-0.15, -0.1) is 11.8 Å². The van der Waals surface area contributed by atoms with E-state index in [1.165, 1.54) is 17.3 Å². The quantitative estimate of drug-likeness (QED) is 0.450. The lowest BCUT2D eigenvalue weighted by Gasteiger charge is -2.20. The molecule has 0 aliphatic heterocycles. The van der Waals surface area contributed by atoms with Gasteiger partial charge in [0, 0.05) is 17.3 Å². The predicted octanol–water partition coefficient (Wildman–Crippen LogP) is 6.28. The standard InChI is InChI=1S/C23H28O2S2/c1-23(2,18-26-16-19-10-5-3-6-11-19)15-9-14-21(22(24)25)27-17-20-12-7-4-8-13-20/h3-13,15,21H,14,16-18H2,1-2H3,(H,24,25). The highest BCUT2D eigenvalue weighted by Gasteiger charge is 2.18. The number of benzene rings is 2. The van der Waals surface area contributed by atoms with Gasteiger partial charge in [0.2, 0.25) is 0 Å². The fourth-order valence-electron chi connectivity index (χ4n) is 2.58. The summed E-state index contributed by atoms with van der Waals surface area (Å²) >= 11 is 3.41. The third kappa shape index (κ3) is 8.72. The average molecular weight is 401 g/mol. The van der Waals surface area contributed by atoms with Crippen LogP contribution in [0, 0.1) is 5.41 Å². The highest BCUT2D eigenvalue weighted by atomic mass is 32.2. The molecule has 1 atom stereocenters. The first-order valence-electron chi connectivity index (χ1n) is 9.14. The van der Waals surface area contributed by atoms with Crippen LogP contribution in [0.2, 0.25) is 0 Å². The third-order valence-electron chi connectivity index (χ3n) is 4.07. The minimum absolute atomic E-state index is 0.0482. The number of hydrogen-bond donors (Lipinski definition) is 1. The molecule has 2 nitrogen and oxygen atoms in total. The summed E-state index contributed by atoms with van der Waals surface area (Å²) in [5.41, 5.74) is 2.55. The maximum atomic E-state index is 11.5. The van der Waals surface area contributed by atoms with Crippen molar-refractivity contribution in [3.05, 3.63) is 83.9 Å². The molecule has 1 unspecified atom stereocenters. The third-order valence-corrected chi connectivity index (χ3v) is 6.86. The van der Waals surface area contributed by atoms with E-state index in [1.807, 2.05) is 54.2 Å². The summed E-state index contributed by atoms with van der Waals surface area (Å²) in [6, 6.07) is 20.5. The Morgan fingerprint density at radius 2 is 1.56 bits per heavy atom. The van der Waals surface area contributed by atoms with Crippen molar-refractivity contribution in [2.75, 3.05) is 5.75 Å². The largest absolute Gasteiger partial charge is 0.480 e. The maximum Gasteiger partial charge on any atom is 0.316 e. The lowest BCUT2D eigenvalue weighted by Crippen LogP contribution is -2.16. The van der Waals surface area contributed by atoms with Crippen LogP contribution in [0.4, 0.5) is 0 Å². The summed E-state index contributed by atoms with van der Waals surface area (Å²) in [5.74, 6) is 2.00. The van der Waals surface area contributed by atoms with Crippen molar-refractivity contribution in [1.82, 2.24) is 0 Å². The molecule has 0 amide bonds. The summed E-state index contributed by atoms with van der Waals surface area (Å²) in [6.07, 6.45) is 4.77. The first-order valence-corrected chi connectivity index (χ1v) is 11.3. The number of rotatable bonds is 11. The fourth-order valence-corrected chi connectivity index (χ4v) is 4.70. The monoisotopic (exact) mass is 400 g/mol. The Kier molecular flexibility index (Phi) is 9.02. The lowest BCUT2D eigenvalue weighted by atomic mass is 9.95. The maximum absolute atomic E-state index is 11.5. The fraction of sp³-hybridized carbons (Fsp3) is 0.348. The summed E-state index contributed by atoms with van der Waals surface area (Å²) in [7, 11) is 0. The van der Waals surface area contributed by atoms with E-state index in [1.54, 1.807) is 0 Å². The van der Waals surface area contributed by atoms with E-state index in [2.05, 4.69) is 44.2 Å². The predicted molar refractivity (Wildman–Crippen MR) is 119 cm³/mol. The molecular weight excluding hydrogens is 372 g/mol. The van der Waals surface area contributed by atoms with Gasteiger partial charge >= 0.3 is 5.97 Å². The second kappa shape index (κ2) is 11.3. The van der Waals surface area contributed by atoms with Crippen LogP contribution in [0.5, 0.6) is 0 Å². The lowest BCUT2D eigenvalue weighted by molar-refractivity contribution is -0.136. The molecule has 0 aromatic heterocycles. The molecular formula is C23H28O2S2. The molecule has 0 bridgehead atoms. The zero-order valence-corrected chi connectivity index (χ0v) is 17.6. The van der Waals surface area contributed by atoms with Gasteiger partial charge in [-0.1, -0.05) is 86.7 Å². The Morgan fingerprint density at radius 1 is 1.00 bits per heavy atom. The van der Waals surface area contributed by atoms with Gasteiger partial charge in [-0.05, 0) is 23.0 Å². The molecule has 0 aliphatic rings. The van der Waals surface area contributed by atoms with Crippen molar-refractivity contribution in [3.8, 4) is 0 Å². The summed E-state index contributed by atoms with van der Waals surface area (Å²) < 4.78 is 0. The summed E-state index contributed by atoms with van der Waals surface area (Å²) in [6.45, 7) is 4.41. The van der Waals surface area contributed by atoms with E-state index in [0.29, 0.717) is 6.42 Å². The van der Waals surface area contributed by atoms with Crippen molar-refractivity contribution in [1.29, 1.82) is 0 Å². The number of carbonyl (C=O) groups is 1. The van der Waals surface area contributed by atoms with Crippen LogP contribution >= 0.6 is 23.5 Å². The van der Waals surface area contributed by atoms with Gasteiger partial charge < -0.3 is 5.11 Å². The topological polar surface area (TPSA) is 37.3 Å². The molecule has 2 aromatic carbocycles. The molecule has 0 radical (unpaired) electrons. The van der Waals surface area contributed by atoms with Crippen molar-refractivity contribution in [2.45, 2.75) is 37.0 Å². The normalized spacial score (nSPS) is 13.0. The molecule has 0 spiro atoms. The van der Waals surface area contributed by atoms with E-state index < -0.39 is 11.2 Å². The highest BCUT2D eigenvalue weighted by molar-refractivity contribution is 7.99. The molecule has 0 saturated heterocycles. The van der Waals surface area contributed by atoms with Crippen molar-refractivity contribution in [2.24, 2.45) is 5.41 Å². The Hall–Kier alpha value is -1.65. The molecule has 2 aromatic rings. The molecule has 144 valence electrons. The van der Waals surface area contributed by atoms with E-state index >= 15 is 0 Å². The number of hydrogen-bond acceptors (Lipinski definition) is 3. The molecule has 0 saturated carbocycles. The molecule has 2 rings (SSSR count). The van der Waals surface area contributed by atoms with Gasteiger partial charge in [-0.25, -0.2) is 0 Å². The highest BCUT2D eigenvalue weighted by Crippen LogP contribution is 2.27. The van der Waals surface area contributed by atoms with Crippen LogP contribution in [0.25, 0.3) is 0 Å². The van der Waals surface area contributed by atoms with Crippen LogP contribution in [0.1, 0.15) is 31.4 Å². The van der Waals surface area contributed by atoms with E-state index in [0.717, 1.165) is 22.8 Å². The van der Waals surface area contributed by atoms with E-state index in [9.17, 15) is 9.90 Å². The number of carboxylic acids is 1. The molecule has 4 heteroatoms. The zero-order chi connectivity index (χ0) is 19.5. The van der Waals surface area contributed by atoms with Gasteiger partial charge in [0.05, 0.1) is 0 Å². The van der Waals surface area contributed by atoms with Crippen molar-refractivity contribution >= 4 is 29.5 Å². The smallest absolute Gasteiger partial charge is 0.316 e. The minimum Gasteiger partial charge on any atom is -0.480 e. The second-order valence-electron chi connectivity index (χ2n) is 7.23. The number of thioether (sulfide) groups is 2. The second-order valence-corrected chi connectivity index (χ2v) is 9.41. The Labute approximate surface area is 171 Å². The Bertz CT molecular complexity index is 712. The van der Waals surface area contributed by atoms with Gasteiger partial charge in [0.25, 0.3) is 0 Å². The first kappa shape index (κ1) is 21.6. The van der Waals surface area contributed by atoms with Crippen LogP contribution < -0.4 is 0 Å². The van der Waals surface area contributed by atoms with Gasteiger partial charge in [-0.3, -0.25) is 4.79 Å². The Morgan fingerprint density at radius 3 is 2.11 bits per heavy atom. The molecule has 0 heterocycles. The zero-order valence-electron chi connectivity index (χ0n) is 16.0. The SMILES string of the molecule is CC(C)(C=CCC(SCc1ccccc1)C(=O)O)CSCc1ccccc1. The van der Waals surface area contributed by atoms with Crippen molar-refractivity contribution < 1.29 is 9.90 Å². The van der Waals surface area contributed by atoms with Crippen LogP contribution in [0.3, 0.4) is 0 Å². The van der Waals surface area contributed by atoms with Crippen molar-refractivity contribution in [3.63, 3.8) is 0 Å². The molecule has 1 N–H and O–H groups in total. The van der Waals surface area contributed by atoms with Gasteiger partial charge in [0.15, 0.2) is 0 Å². The number of carboxylic acid groups (broad SMARTS) is 1. The first-order chi connectivity index (χ1) is 13.0. The van der Waals surface area contributed by atoms with Gasteiger partial charge in [-0.2, -0.15) is 11.8 Å². The average Bonchev–Trinajstić information content (AvgIpc) is 2.65. The molecule has 0 fully saturated rings. The van der Waals surface area contributed by atoms with Gasteiger partial charge in [0.1, 0.15) is 5.25 Å².